The van der Waals surface area contributed by atoms with Crippen molar-refractivity contribution in [3.63, 3.8) is 0 Å². The molecule has 0 fully saturated rings. The number of hydrogen-bond acceptors (Lipinski definition) is 4. The Hall–Kier alpha value is -3.12. The monoisotopic (exact) mass is 402 g/mol. The van der Waals surface area contributed by atoms with Crippen LogP contribution in [0, 0.1) is 13.8 Å². The summed E-state index contributed by atoms with van der Waals surface area (Å²) >= 11 is 1.37. The van der Waals surface area contributed by atoms with E-state index < -0.39 is 0 Å². The van der Waals surface area contributed by atoms with E-state index in [2.05, 4.69) is 75.2 Å². The van der Waals surface area contributed by atoms with E-state index in [1.54, 1.807) is 0 Å². The van der Waals surface area contributed by atoms with Crippen molar-refractivity contribution in [2.75, 3.05) is 5.75 Å². The van der Waals surface area contributed by atoms with E-state index in [9.17, 15) is 4.79 Å². The Bertz CT molecular complexity index is 1050. The van der Waals surface area contributed by atoms with Crippen LogP contribution in [0.2, 0.25) is 0 Å². The van der Waals surface area contributed by atoms with Crippen LogP contribution in [0.25, 0.3) is 0 Å². The minimum absolute atomic E-state index is 0.0147. The average molecular weight is 403 g/mol. The van der Waals surface area contributed by atoms with Crippen LogP contribution in [0.5, 0.6) is 0 Å². The van der Waals surface area contributed by atoms with Crippen molar-refractivity contribution >= 4 is 17.5 Å². The van der Waals surface area contributed by atoms with Crippen molar-refractivity contribution in [2.45, 2.75) is 25.0 Å². The molecule has 4 rings (SSSR count). The molecule has 146 valence electrons. The number of Topliss-reactive ketones (excluding diaryl/α,β-unsaturated/α-hetero) is 1. The third-order valence-corrected chi connectivity index (χ3v) is 5.88. The smallest absolute Gasteiger partial charge is 0.183 e. The molecule has 29 heavy (non-hydrogen) atoms. The highest BCUT2D eigenvalue weighted by Crippen LogP contribution is 2.32. The summed E-state index contributed by atoms with van der Waals surface area (Å²) < 4.78 is 2.26. The Morgan fingerprint density at radius 2 is 1.66 bits per heavy atom. The number of nitrogens with one attached hydrogen (secondary N) is 1. The molecule has 0 aliphatic heterocycles. The molecule has 0 radical (unpaired) electrons. The van der Waals surface area contributed by atoms with Crippen LogP contribution in [0.15, 0.2) is 78.2 Å². The number of nitrogens with zero attached hydrogens (tertiary/aromatic N) is 3. The van der Waals surface area contributed by atoms with Crippen molar-refractivity contribution in [2.24, 2.45) is 0 Å². The second-order valence-corrected chi connectivity index (χ2v) is 7.85. The third-order valence-electron chi connectivity index (χ3n) is 5.01. The molecule has 0 aliphatic carbocycles. The van der Waals surface area contributed by atoms with Crippen LogP contribution in [-0.4, -0.2) is 31.3 Å². The fraction of sp³-hybridized carbons (Fsp3) is 0.174. The highest BCUT2D eigenvalue weighted by Gasteiger charge is 2.23. The summed E-state index contributed by atoms with van der Waals surface area (Å²) in [5.41, 5.74) is 5.18. The number of aromatic nitrogens is 4. The van der Waals surface area contributed by atoms with Gasteiger partial charge < -0.3 is 4.57 Å². The Morgan fingerprint density at radius 3 is 2.21 bits per heavy atom. The van der Waals surface area contributed by atoms with E-state index >= 15 is 0 Å². The molecule has 0 atom stereocenters. The van der Waals surface area contributed by atoms with Crippen LogP contribution in [0.1, 0.15) is 38.9 Å². The van der Waals surface area contributed by atoms with Crippen molar-refractivity contribution < 1.29 is 4.79 Å². The van der Waals surface area contributed by atoms with Crippen molar-refractivity contribution in [1.82, 2.24) is 19.7 Å². The zero-order valence-electron chi connectivity index (χ0n) is 16.4. The minimum atomic E-state index is 0.0147. The predicted molar refractivity (Wildman–Crippen MR) is 115 cm³/mol. The first-order valence-electron chi connectivity index (χ1n) is 9.45. The fourth-order valence-corrected chi connectivity index (χ4v) is 4.36. The second-order valence-electron chi connectivity index (χ2n) is 6.88. The summed E-state index contributed by atoms with van der Waals surface area (Å²) in [5, 5.41) is 7.26. The Kier molecular flexibility index (Phi) is 5.62. The molecule has 4 aromatic rings. The van der Waals surface area contributed by atoms with Gasteiger partial charge in [0.1, 0.15) is 6.33 Å². The quantitative estimate of drug-likeness (QED) is 0.355. The number of aromatic amines is 1. The normalized spacial score (nSPS) is 11.1. The van der Waals surface area contributed by atoms with Crippen LogP contribution in [0.3, 0.4) is 0 Å². The van der Waals surface area contributed by atoms with E-state index in [1.165, 1.54) is 29.2 Å². The Labute approximate surface area is 174 Å². The molecule has 2 heterocycles. The van der Waals surface area contributed by atoms with Crippen molar-refractivity contribution in [1.29, 1.82) is 0 Å². The molecule has 5 nitrogen and oxygen atoms in total. The molecule has 2 aromatic carbocycles. The largest absolute Gasteiger partial charge is 0.337 e. The maximum atomic E-state index is 12.9. The maximum Gasteiger partial charge on any atom is 0.183 e. The number of carbonyl (C=O) groups is 1. The van der Waals surface area contributed by atoms with E-state index in [4.69, 9.17) is 0 Å². The topological polar surface area (TPSA) is 63.6 Å². The first-order valence-corrected chi connectivity index (χ1v) is 10.4. The minimum Gasteiger partial charge on any atom is -0.337 e. The summed E-state index contributed by atoms with van der Waals surface area (Å²) in [4.78, 5) is 17.0. The van der Waals surface area contributed by atoms with E-state index in [0.29, 0.717) is 10.9 Å². The van der Waals surface area contributed by atoms with Gasteiger partial charge in [0.2, 0.25) is 0 Å². The lowest BCUT2D eigenvalue weighted by molar-refractivity contribution is 0.102. The van der Waals surface area contributed by atoms with Crippen molar-refractivity contribution in [3.8, 4) is 0 Å². The van der Waals surface area contributed by atoms with Gasteiger partial charge in [-0.3, -0.25) is 9.89 Å². The first-order chi connectivity index (χ1) is 14.1. The van der Waals surface area contributed by atoms with Crippen LogP contribution in [-0.2, 0) is 0 Å². The molecule has 6 heteroatoms. The zero-order chi connectivity index (χ0) is 20.2. The summed E-state index contributed by atoms with van der Waals surface area (Å²) in [6.45, 7) is 4.09. The number of H-pyrrole nitrogens is 1. The van der Waals surface area contributed by atoms with Crippen LogP contribution < -0.4 is 0 Å². The fourth-order valence-electron chi connectivity index (χ4n) is 3.69. The summed E-state index contributed by atoms with van der Waals surface area (Å²) in [5.74, 6) is 0.409. The predicted octanol–water partition coefficient (Wildman–Crippen LogP) is 4.84. The number of carbonyl (C=O) groups excluding carboxylic acids is 1. The molecule has 0 bridgehead atoms. The van der Waals surface area contributed by atoms with Gasteiger partial charge in [-0.2, -0.15) is 5.10 Å². The summed E-state index contributed by atoms with van der Waals surface area (Å²) in [6.07, 6.45) is 1.45. The van der Waals surface area contributed by atoms with Gasteiger partial charge in [0.25, 0.3) is 0 Å². The number of benzene rings is 2. The molecule has 0 saturated carbocycles. The van der Waals surface area contributed by atoms with Crippen LogP contribution >= 0.6 is 11.8 Å². The third kappa shape index (κ3) is 4.03. The number of rotatable bonds is 7. The van der Waals surface area contributed by atoms with Gasteiger partial charge >= 0.3 is 0 Å². The molecule has 0 saturated heterocycles. The molecule has 0 unspecified atom stereocenters. The lowest BCUT2D eigenvalue weighted by Gasteiger charge is -2.24. The summed E-state index contributed by atoms with van der Waals surface area (Å²) in [6, 6.07) is 22.8. The molecular weight excluding hydrogens is 380 g/mol. The molecular formula is C23H22N4OS. The van der Waals surface area contributed by atoms with Gasteiger partial charge in [-0.15, -0.1) is 0 Å². The second kappa shape index (κ2) is 8.49. The van der Waals surface area contributed by atoms with Gasteiger partial charge in [0.05, 0.1) is 11.8 Å². The highest BCUT2D eigenvalue weighted by atomic mass is 32.2. The SMILES string of the molecule is Cc1cc(C(=O)CSc2ncn[nH]2)c(C)n1C(c1ccccc1)c1ccccc1. The first kappa shape index (κ1) is 19.2. The van der Waals surface area contributed by atoms with E-state index in [-0.39, 0.29) is 11.8 Å². The Morgan fingerprint density at radius 1 is 1.03 bits per heavy atom. The maximum absolute atomic E-state index is 12.9. The Balaban J connectivity index is 1.71. The zero-order valence-corrected chi connectivity index (χ0v) is 17.2. The molecule has 0 aliphatic rings. The van der Waals surface area contributed by atoms with E-state index in [1.807, 2.05) is 25.1 Å². The standard InChI is InChI=1S/C23H22N4OS/c1-16-13-20(21(28)14-29-23-24-15-25-26-23)17(2)27(16)22(18-9-5-3-6-10-18)19-11-7-4-8-12-19/h3-13,15,22H,14H2,1-2H3,(H,24,25,26). The van der Waals surface area contributed by atoms with Gasteiger partial charge in [-0.1, -0.05) is 72.4 Å². The lowest BCUT2D eigenvalue weighted by Crippen LogP contribution is -2.16. The molecule has 0 amide bonds. The number of thioether (sulfide) groups is 1. The molecule has 2 aromatic heterocycles. The van der Waals surface area contributed by atoms with Crippen molar-refractivity contribution in [3.05, 3.63) is 101 Å². The van der Waals surface area contributed by atoms with E-state index in [0.717, 1.165) is 17.0 Å². The van der Waals surface area contributed by atoms with Gasteiger partial charge in [0, 0.05) is 17.0 Å². The molecule has 1 N–H and O–H groups in total. The van der Waals surface area contributed by atoms with Gasteiger partial charge in [0.15, 0.2) is 10.9 Å². The van der Waals surface area contributed by atoms with Crippen LogP contribution in [0.4, 0.5) is 0 Å². The average Bonchev–Trinajstić information content (AvgIpc) is 3.37. The highest BCUT2D eigenvalue weighted by molar-refractivity contribution is 7.99. The number of ketones is 1. The molecule has 0 spiro atoms. The lowest BCUT2D eigenvalue weighted by atomic mass is 9.98. The van der Waals surface area contributed by atoms with Gasteiger partial charge in [-0.05, 0) is 31.0 Å². The number of hydrogen-bond donors (Lipinski definition) is 1. The van der Waals surface area contributed by atoms with Gasteiger partial charge in [-0.25, -0.2) is 4.98 Å². The number of aryl methyl sites for hydroxylation is 1. The summed E-state index contributed by atoms with van der Waals surface area (Å²) in [7, 11) is 0.